The normalized spacial score (nSPS) is 31.3. The van der Waals surface area contributed by atoms with Crippen LogP contribution in [0.2, 0.25) is 0 Å². The zero-order valence-corrected chi connectivity index (χ0v) is 11.6. The van der Waals surface area contributed by atoms with E-state index in [9.17, 15) is 0 Å². The third kappa shape index (κ3) is 3.21. The van der Waals surface area contributed by atoms with Crippen LogP contribution in [0, 0.1) is 5.92 Å². The molecule has 2 rings (SSSR count). The molecule has 0 spiro atoms. The van der Waals surface area contributed by atoms with Gasteiger partial charge in [0, 0.05) is 23.2 Å². The second kappa shape index (κ2) is 3.99. The highest BCUT2D eigenvalue weighted by atomic mass is 15.1. The molecule has 1 atom stereocenters. The lowest BCUT2D eigenvalue weighted by Crippen LogP contribution is -2.62. The summed E-state index contributed by atoms with van der Waals surface area (Å²) in [6.07, 6.45) is 5.36. The van der Waals surface area contributed by atoms with Crippen molar-refractivity contribution >= 4 is 0 Å². The first-order chi connectivity index (χ1) is 7.27. The molecular weight excluding hydrogens is 196 g/mol. The molecule has 2 fully saturated rings. The minimum absolute atomic E-state index is 0.267. The van der Waals surface area contributed by atoms with E-state index < -0.39 is 0 Å². The number of hydrogen-bond acceptors (Lipinski definition) is 2. The van der Waals surface area contributed by atoms with E-state index in [-0.39, 0.29) is 11.1 Å². The maximum Gasteiger partial charge on any atom is 0.0144 e. The Kier molecular flexibility index (Phi) is 3.09. The van der Waals surface area contributed by atoms with Crippen LogP contribution >= 0.6 is 0 Å². The summed E-state index contributed by atoms with van der Waals surface area (Å²) in [5.74, 6) is 0.959. The third-order valence-corrected chi connectivity index (χ3v) is 4.02. The van der Waals surface area contributed by atoms with E-state index in [2.05, 4.69) is 45.3 Å². The Morgan fingerprint density at radius 3 is 2.00 bits per heavy atom. The molecule has 1 aliphatic carbocycles. The molecule has 0 aromatic carbocycles. The van der Waals surface area contributed by atoms with Crippen molar-refractivity contribution in [1.82, 2.24) is 10.6 Å². The molecule has 2 N–H and O–H groups in total. The lowest BCUT2D eigenvalue weighted by molar-refractivity contribution is 0.139. The summed E-state index contributed by atoms with van der Waals surface area (Å²) in [5.41, 5.74) is 0.533. The average molecular weight is 224 g/mol. The van der Waals surface area contributed by atoms with E-state index in [0.29, 0.717) is 6.04 Å². The molecule has 2 aliphatic rings. The van der Waals surface area contributed by atoms with E-state index in [1.165, 1.54) is 25.7 Å². The standard InChI is InChI=1S/C14H28N2/c1-10(11-6-7-11)15-12-8-13(2,3)16-14(4,5)9-12/h10-12,15-16H,6-9H2,1-5H3. The van der Waals surface area contributed by atoms with Crippen molar-refractivity contribution in [3.8, 4) is 0 Å². The molecule has 16 heavy (non-hydrogen) atoms. The molecule has 1 saturated heterocycles. The van der Waals surface area contributed by atoms with Gasteiger partial charge in [-0.1, -0.05) is 0 Å². The third-order valence-electron chi connectivity index (χ3n) is 4.02. The molecule has 2 nitrogen and oxygen atoms in total. The van der Waals surface area contributed by atoms with Crippen LogP contribution in [0.5, 0.6) is 0 Å². The summed E-state index contributed by atoms with van der Waals surface area (Å²) >= 11 is 0. The minimum Gasteiger partial charge on any atom is -0.311 e. The number of piperidine rings is 1. The highest BCUT2D eigenvalue weighted by Gasteiger charge is 2.39. The fourth-order valence-corrected chi connectivity index (χ4v) is 3.54. The van der Waals surface area contributed by atoms with Gasteiger partial charge in [0.1, 0.15) is 0 Å². The maximum absolute atomic E-state index is 3.85. The fourth-order valence-electron chi connectivity index (χ4n) is 3.54. The van der Waals surface area contributed by atoms with Crippen LogP contribution in [0.25, 0.3) is 0 Å². The Balaban J connectivity index is 1.93. The highest BCUT2D eigenvalue weighted by molar-refractivity contribution is 5.00. The molecule has 1 aliphatic heterocycles. The average Bonchev–Trinajstić information content (AvgIpc) is 2.77. The van der Waals surface area contributed by atoms with Gasteiger partial charge in [-0.15, -0.1) is 0 Å². The van der Waals surface area contributed by atoms with Gasteiger partial charge in [0.15, 0.2) is 0 Å². The van der Waals surface area contributed by atoms with Crippen molar-refractivity contribution in [2.45, 2.75) is 83.5 Å². The molecule has 1 heterocycles. The van der Waals surface area contributed by atoms with Crippen LogP contribution < -0.4 is 10.6 Å². The smallest absolute Gasteiger partial charge is 0.0144 e. The second-order valence-corrected chi connectivity index (χ2v) is 7.29. The molecule has 1 unspecified atom stereocenters. The van der Waals surface area contributed by atoms with Crippen molar-refractivity contribution in [1.29, 1.82) is 0 Å². The Hall–Kier alpha value is -0.0800. The predicted octanol–water partition coefficient (Wildman–Crippen LogP) is 2.68. The topological polar surface area (TPSA) is 24.1 Å². The first-order valence-corrected chi connectivity index (χ1v) is 6.83. The summed E-state index contributed by atoms with van der Waals surface area (Å²) in [5, 5.41) is 7.59. The SMILES string of the molecule is CC(NC1CC(C)(C)NC(C)(C)C1)C1CC1. The van der Waals surface area contributed by atoms with Gasteiger partial charge in [-0.05, 0) is 66.2 Å². The molecule has 1 saturated carbocycles. The first kappa shape index (κ1) is 12.4. The second-order valence-electron chi connectivity index (χ2n) is 7.29. The van der Waals surface area contributed by atoms with Gasteiger partial charge >= 0.3 is 0 Å². The van der Waals surface area contributed by atoms with Crippen LogP contribution in [-0.4, -0.2) is 23.2 Å². The van der Waals surface area contributed by atoms with E-state index in [0.717, 1.165) is 12.0 Å². The van der Waals surface area contributed by atoms with E-state index >= 15 is 0 Å². The molecule has 0 amide bonds. The van der Waals surface area contributed by atoms with Crippen LogP contribution in [-0.2, 0) is 0 Å². The van der Waals surface area contributed by atoms with Gasteiger partial charge in [0.2, 0.25) is 0 Å². The molecule has 0 radical (unpaired) electrons. The maximum atomic E-state index is 3.85. The zero-order chi connectivity index (χ0) is 12.0. The van der Waals surface area contributed by atoms with E-state index in [1.54, 1.807) is 0 Å². The Morgan fingerprint density at radius 2 is 1.56 bits per heavy atom. The summed E-state index contributed by atoms with van der Waals surface area (Å²) in [7, 11) is 0. The lowest BCUT2D eigenvalue weighted by Gasteiger charge is -2.47. The van der Waals surface area contributed by atoms with Gasteiger partial charge < -0.3 is 10.6 Å². The summed E-state index contributed by atoms with van der Waals surface area (Å²) in [6.45, 7) is 11.7. The first-order valence-electron chi connectivity index (χ1n) is 6.83. The Bertz CT molecular complexity index is 237. The van der Waals surface area contributed by atoms with Crippen LogP contribution in [0.3, 0.4) is 0 Å². The number of nitrogens with one attached hydrogen (secondary N) is 2. The summed E-state index contributed by atoms with van der Waals surface area (Å²) in [6, 6.07) is 1.40. The van der Waals surface area contributed by atoms with E-state index in [4.69, 9.17) is 0 Å². The minimum atomic E-state index is 0.267. The molecule has 0 aromatic heterocycles. The quantitative estimate of drug-likeness (QED) is 0.770. The highest BCUT2D eigenvalue weighted by Crippen LogP contribution is 2.34. The van der Waals surface area contributed by atoms with Crippen LogP contribution in [0.1, 0.15) is 60.3 Å². The van der Waals surface area contributed by atoms with Gasteiger partial charge in [-0.2, -0.15) is 0 Å². The van der Waals surface area contributed by atoms with E-state index in [1.807, 2.05) is 0 Å². The lowest BCUT2D eigenvalue weighted by atomic mass is 9.79. The monoisotopic (exact) mass is 224 g/mol. The van der Waals surface area contributed by atoms with Gasteiger partial charge in [-0.3, -0.25) is 0 Å². The Morgan fingerprint density at radius 1 is 1.06 bits per heavy atom. The Labute approximate surface area is 101 Å². The van der Waals surface area contributed by atoms with Crippen molar-refractivity contribution in [2.75, 3.05) is 0 Å². The number of rotatable bonds is 3. The van der Waals surface area contributed by atoms with Crippen molar-refractivity contribution in [3.05, 3.63) is 0 Å². The largest absolute Gasteiger partial charge is 0.311 e. The fraction of sp³-hybridized carbons (Fsp3) is 1.00. The van der Waals surface area contributed by atoms with Crippen molar-refractivity contribution in [2.24, 2.45) is 5.92 Å². The van der Waals surface area contributed by atoms with Crippen molar-refractivity contribution in [3.63, 3.8) is 0 Å². The van der Waals surface area contributed by atoms with Gasteiger partial charge in [0.25, 0.3) is 0 Å². The molecule has 2 heteroatoms. The van der Waals surface area contributed by atoms with Crippen LogP contribution in [0.15, 0.2) is 0 Å². The molecular formula is C14H28N2. The molecule has 0 bridgehead atoms. The van der Waals surface area contributed by atoms with Crippen LogP contribution in [0.4, 0.5) is 0 Å². The molecule has 94 valence electrons. The summed E-state index contributed by atoms with van der Waals surface area (Å²) in [4.78, 5) is 0. The van der Waals surface area contributed by atoms with Crippen molar-refractivity contribution < 1.29 is 0 Å². The summed E-state index contributed by atoms with van der Waals surface area (Å²) < 4.78 is 0. The zero-order valence-electron chi connectivity index (χ0n) is 11.6. The van der Waals surface area contributed by atoms with Gasteiger partial charge in [0.05, 0.1) is 0 Å². The van der Waals surface area contributed by atoms with Gasteiger partial charge in [-0.25, -0.2) is 0 Å². The molecule has 0 aromatic rings. The predicted molar refractivity (Wildman–Crippen MR) is 69.6 cm³/mol. The number of hydrogen-bond donors (Lipinski definition) is 2.